The average Bonchev–Trinajstić information content (AvgIpc) is 3.14. The van der Waals surface area contributed by atoms with Crippen LogP contribution in [0, 0.1) is 0 Å². The van der Waals surface area contributed by atoms with Crippen molar-refractivity contribution >= 4 is 51.5 Å². The number of benzene rings is 3. The molecule has 186 valence electrons. The quantitative estimate of drug-likeness (QED) is 0.216. The summed E-state index contributed by atoms with van der Waals surface area (Å²) in [5.74, 6) is -2.72. The van der Waals surface area contributed by atoms with Crippen LogP contribution < -0.4 is 10.1 Å². The Labute approximate surface area is 212 Å². The number of ketones is 1. The van der Waals surface area contributed by atoms with E-state index in [2.05, 4.69) is 5.32 Å². The summed E-state index contributed by atoms with van der Waals surface area (Å²) in [4.78, 5) is 26.0. The maximum Gasteiger partial charge on any atom is 0.432 e. The van der Waals surface area contributed by atoms with Crippen LogP contribution in [0.25, 0.3) is 10.9 Å². The Morgan fingerprint density at radius 1 is 1.06 bits per heavy atom. The van der Waals surface area contributed by atoms with E-state index in [-0.39, 0.29) is 33.9 Å². The number of halogens is 5. The summed E-state index contributed by atoms with van der Waals surface area (Å²) in [5, 5.41) is 12.5. The zero-order valence-electron chi connectivity index (χ0n) is 18.5. The van der Waals surface area contributed by atoms with Crippen molar-refractivity contribution in [1.29, 1.82) is 0 Å². The normalized spacial score (nSPS) is 11.5. The smallest absolute Gasteiger partial charge is 0.432 e. The number of hydrogen-bond donors (Lipinski definition) is 2. The Bertz CT molecular complexity index is 1500. The number of fused-ring (bicyclic) bond motifs is 1. The molecule has 6 nitrogen and oxygen atoms in total. The monoisotopic (exact) mass is 536 g/mol. The summed E-state index contributed by atoms with van der Waals surface area (Å²) in [7, 11) is 1.40. The van der Waals surface area contributed by atoms with Crippen molar-refractivity contribution in [2.75, 3.05) is 12.4 Å². The molecular formula is C25H17Cl2F3N2O4. The Kier molecular flexibility index (Phi) is 6.88. The third-order valence-electron chi connectivity index (χ3n) is 5.42. The van der Waals surface area contributed by atoms with Crippen LogP contribution in [-0.2, 0) is 17.5 Å². The van der Waals surface area contributed by atoms with Crippen LogP contribution in [0.1, 0.15) is 21.6 Å². The number of nitrogens with one attached hydrogen (secondary N) is 1. The van der Waals surface area contributed by atoms with Gasteiger partial charge in [0.2, 0.25) is 0 Å². The van der Waals surface area contributed by atoms with Crippen molar-refractivity contribution in [3.8, 4) is 11.5 Å². The summed E-state index contributed by atoms with van der Waals surface area (Å²) in [6.45, 7) is -0.378. The minimum atomic E-state index is -5.03. The molecule has 0 fully saturated rings. The summed E-state index contributed by atoms with van der Waals surface area (Å²) in [5.41, 5.74) is -1.81. The number of phenolic OH excluding ortho intramolecular Hbond substituents is 1. The molecule has 0 saturated carbocycles. The molecule has 4 rings (SSSR count). The lowest BCUT2D eigenvalue weighted by Gasteiger charge is -2.16. The maximum atomic E-state index is 14.4. The minimum Gasteiger partial charge on any atom is -0.508 e. The van der Waals surface area contributed by atoms with Crippen LogP contribution >= 0.6 is 23.2 Å². The first kappa shape index (κ1) is 25.4. The largest absolute Gasteiger partial charge is 0.508 e. The molecule has 4 aromatic rings. The third kappa shape index (κ3) is 4.98. The molecule has 0 bridgehead atoms. The highest BCUT2D eigenvalue weighted by molar-refractivity contribution is 6.48. The van der Waals surface area contributed by atoms with Crippen LogP contribution in [0.5, 0.6) is 11.5 Å². The lowest BCUT2D eigenvalue weighted by Crippen LogP contribution is -2.26. The number of rotatable bonds is 6. The first-order chi connectivity index (χ1) is 17.0. The van der Waals surface area contributed by atoms with Gasteiger partial charge in [0.05, 0.1) is 12.7 Å². The van der Waals surface area contributed by atoms with Crippen molar-refractivity contribution in [3.05, 3.63) is 87.5 Å². The Morgan fingerprint density at radius 3 is 2.47 bits per heavy atom. The van der Waals surface area contributed by atoms with Gasteiger partial charge in [0.15, 0.2) is 0 Å². The lowest BCUT2D eigenvalue weighted by molar-refractivity contribution is -0.143. The van der Waals surface area contributed by atoms with Crippen molar-refractivity contribution in [2.24, 2.45) is 0 Å². The van der Waals surface area contributed by atoms with E-state index in [0.717, 1.165) is 10.6 Å². The van der Waals surface area contributed by atoms with Crippen LogP contribution in [0.4, 0.5) is 18.9 Å². The van der Waals surface area contributed by atoms with Gasteiger partial charge in [-0.2, -0.15) is 13.2 Å². The molecule has 0 saturated heterocycles. The molecular weight excluding hydrogens is 520 g/mol. The van der Waals surface area contributed by atoms with Gasteiger partial charge in [-0.25, -0.2) is 0 Å². The molecule has 11 heteroatoms. The van der Waals surface area contributed by atoms with E-state index in [0.29, 0.717) is 16.3 Å². The van der Waals surface area contributed by atoms with Crippen molar-refractivity contribution < 1.29 is 32.6 Å². The summed E-state index contributed by atoms with van der Waals surface area (Å²) in [6.07, 6.45) is -5.03. The van der Waals surface area contributed by atoms with E-state index in [1.165, 1.54) is 49.6 Å². The van der Waals surface area contributed by atoms with E-state index in [9.17, 15) is 27.9 Å². The topological polar surface area (TPSA) is 80.6 Å². The molecule has 1 aromatic heterocycles. The second-order valence-electron chi connectivity index (χ2n) is 7.76. The molecule has 3 aromatic carbocycles. The molecule has 0 aliphatic rings. The zero-order chi connectivity index (χ0) is 26.2. The van der Waals surface area contributed by atoms with Gasteiger partial charge in [0, 0.05) is 39.2 Å². The number of anilines is 1. The Hall–Kier alpha value is -3.69. The summed E-state index contributed by atoms with van der Waals surface area (Å²) in [6, 6.07) is 13.8. The van der Waals surface area contributed by atoms with Crippen molar-refractivity contribution in [2.45, 2.75) is 12.7 Å². The second-order valence-corrected chi connectivity index (χ2v) is 8.60. The predicted octanol–water partition coefficient (Wildman–Crippen LogP) is 6.55. The lowest BCUT2D eigenvalue weighted by atomic mass is 10.0. The van der Waals surface area contributed by atoms with E-state index in [1.807, 2.05) is 0 Å². The molecule has 0 aliphatic carbocycles. The number of amides is 1. The highest BCUT2D eigenvalue weighted by Crippen LogP contribution is 2.40. The van der Waals surface area contributed by atoms with Gasteiger partial charge in [-0.1, -0.05) is 35.3 Å². The number of alkyl halides is 3. The Balaban J connectivity index is 1.87. The number of nitrogens with zero attached hydrogens (tertiary/aromatic N) is 1. The van der Waals surface area contributed by atoms with Gasteiger partial charge in [-0.3, -0.25) is 9.59 Å². The second kappa shape index (κ2) is 9.75. The molecule has 0 radical (unpaired) electrons. The fourth-order valence-corrected chi connectivity index (χ4v) is 4.32. The SMILES string of the molecule is COc1cccc(NC(=O)C(=O)c2c(C(F)(F)F)n(Cc3ccc(Cl)cc3Cl)c3ccc(O)cc23)c1. The predicted molar refractivity (Wildman–Crippen MR) is 130 cm³/mol. The third-order valence-corrected chi connectivity index (χ3v) is 6.01. The molecule has 0 spiro atoms. The van der Waals surface area contributed by atoms with Crippen molar-refractivity contribution in [1.82, 2.24) is 4.57 Å². The number of carbonyl (C=O) groups excluding carboxylic acids is 2. The van der Waals surface area contributed by atoms with Crippen LogP contribution in [0.2, 0.25) is 10.0 Å². The summed E-state index contributed by atoms with van der Waals surface area (Å²) >= 11 is 12.1. The van der Waals surface area contributed by atoms with Gasteiger partial charge < -0.3 is 19.7 Å². The highest BCUT2D eigenvalue weighted by Gasteiger charge is 2.42. The average molecular weight is 537 g/mol. The van der Waals surface area contributed by atoms with Gasteiger partial charge in [-0.15, -0.1) is 0 Å². The van der Waals surface area contributed by atoms with Crippen LogP contribution in [0.15, 0.2) is 60.7 Å². The number of Topliss-reactive ketones (excluding diaryl/α,β-unsaturated/α-hetero) is 1. The standard InChI is InChI=1S/C25H17Cl2F3N2O4/c1-36-17-4-2-3-15(10-17)31-24(35)22(34)21-18-11-16(33)7-8-20(18)32(23(21)25(28,29)30)12-13-5-6-14(26)9-19(13)27/h2-11,33H,12H2,1H3,(H,31,35). The fourth-order valence-electron chi connectivity index (χ4n) is 3.85. The minimum absolute atomic E-state index is 0.0244. The van der Waals surface area contributed by atoms with E-state index >= 15 is 0 Å². The number of methoxy groups -OCH3 is 1. The van der Waals surface area contributed by atoms with E-state index in [4.69, 9.17) is 27.9 Å². The number of ether oxygens (including phenoxy) is 1. The molecule has 1 heterocycles. The van der Waals surface area contributed by atoms with Crippen molar-refractivity contribution in [3.63, 3.8) is 0 Å². The molecule has 2 N–H and O–H groups in total. The van der Waals surface area contributed by atoms with Gasteiger partial charge in [-0.05, 0) is 48.0 Å². The molecule has 1 amide bonds. The number of aromatic nitrogens is 1. The van der Waals surface area contributed by atoms with E-state index < -0.39 is 29.1 Å². The fraction of sp³-hybridized carbons (Fsp3) is 0.120. The van der Waals surface area contributed by atoms with Crippen LogP contribution in [-0.4, -0.2) is 28.5 Å². The molecule has 36 heavy (non-hydrogen) atoms. The number of phenols is 1. The van der Waals surface area contributed by atoms with Gasteiger partial charge in [0.25, 0.3) is 11.7 Å². The molecule has 0 atom stereocenters. The zero-order valence-corrected chi connectivity index (χ0v) is 20.0. The van der Waals surface area contributed by atoms with Gasteiger partial charge in [0.1, 0.15) is 17.2 Å². The highest BCUT2D eigenvalue weighted by atomic mass is 35.5. The first-order valence-corrected chi connectivity index (χ1v) is 11.1. The number of carbonyl (C=O) groups is 2. The molecule has 0 unspecified atom stereocenters. The van der Waals surface area contributed by atoms with Crippen LogP contribution in [0.3, 0.4) is 0 Å². The van der Waals surface area contributed by atoms with E-state index in [1.54, 1.807) is 12.1 Å². The maximum absolute atomic E-state index is 14.4. The first-order valence-electron chi connectivity index (χ1n) is 10.4. The molecule has 0 aliphatic heterocycles. The van der Waals surface area contributed by atoms with Gasteiger partial charge >= 0.3 is 6.18 Å². The Morgan fingerprint density at radius 2 is 1.81 bits per heavy atom. The number of aromatic hydroxyl groups is 1. The summed E-state index contributed by atoms with van der Waals surface area (Å²) < 4.78 is 49.2. The number of hydrogen-bond acceptors (Lipinski definition) is 4.